The maximum Gasteiger partial charge on any atom is 0.329 e. The van der Waals surface area contributed by atoms with Gasteiger partial charge in [0.15, 0.2) is 0 Å². The Balaban J connectivity index is 1.38. The first kappa shape index (κ1) is 21.4. The number of hydrogen-bond acceptors (Lipinski definition) is 5. The lowest BCUT2D eigenvalue weighted by Crippen LogP contribution is -2.25. The Bertz CT molecular complexity index is 1190. The summed E-state index contributed by atoms with van der Waals surface area (Å²) in [5.41, 5.74) is 6.07. The Labute approximate surface area is 195 Å². The highest BCUT2D eigenvalue weighted by atomic mass is 32.2. The van der Waals surface area contributed by atoms with E-state index in [0.717, 1.165) is 58.9 Å². The van der Waals surface area contributed by atoms with Gasteiger partial charge >= 0.3 is 6.03 Å². The second-order valence-corrected chi connectivity index (χ2v) is 10.7. The van der Waals surface area contributed by atoms with Gasteiger partial charge in [-0.05, 0) is 98.1 Å². The van der Waals surface area contributed by atoms with E-state index in [2.05, 4.69) is 33.0 Å². The van der Waals surface area contributed by atoms with E-state index in [4.69, 9.17) is 0 Å². The quantitative estimate of drug-likeness (QED) is 0.492. The molecule has 3 heterocycles. The fourth-order valence-corrected chi connectivity index (χ4v) is 6.48. The van der Waals surface area contributed by atoms with E-state index in [1.54, 1.807) is 23.6 Å². The van der Waals surface area contributed by atoms with Crippen molar-refractivity contribution < 1.29 is 9.18 Å². The van der Waals surface area contributed by atoms with E-state index >= 15 is 0 Å². The van der Waals surface area contributed by atoms with Crippen molar-refractivity contribution >= 4 is 35.0 Å². The summed E-state index contributed by atoms with van der Waals surface area (Å²) in [6, 6.07) is 7.19. The van der Waals surface area contributed by atoms with Crippen LogP contribution in [0, 0.1) is 12.7 Å². The normalized spacial score (nSPS) is 15.3. The number of anilines is 1. The zero-order valence-corrected chi connectivity index (χ0v) is 19.8. The van der Waals surface area contributed by atoms with E-state index in [0.29, 0.717) is 17.7 Å². The van der Waals surface area contributed by atoms with Gasteiger partial charge in [-0.3, -0.25) is 9.71 Å². The lowest BCUT2D eigenvalue weighted by molar-refractivity contribution is 0.257. The molecule has 1 aromatic carbocycles. The number of hydrogen-bond donors (Lipinski definition) is 2. The predicted molar refractivity (Wildman–Crippen MR) is 129 cm³/mol. The van der Waals surface area contributed by atoms with Crippen molar-refractivity contribution in [2.24, 2.45) is 0 Å². The number of fused-ring (bicyclic) bond motifs is 2. The van der Waals surface area contributed by atoms with E-state index in [-0.39, 0.29) is 11.8 Å². The summed E-state index contributed by atoms with van der Waals surface area (Å²) >= 11 is 3.08. The first-order valence-corrected chi connectivity index (χ1v) is 12.4. The van der Waals surface area contributed by atoms with Gasteiger partial charge in [0.1, 0.15) is 5.82 Å². The van der Waals surface area contributed by atoms with Crippen LogP contribution in [0.25, 0.3) is 11.1 Å². The number of carbonyl (C=O) groups is 1. The molecule has 5 rings (SSSR count). The Morgan fingerprint density at radius 2 is 2.06 bits per heavy atom. The highest BCUT2D eigenvalue weighted by Gasteiger charge is 2.24. The van der Waals surface area contributed by atoms with Gasteiger partial charge in [-0.25, -0.2) is 9.18 Å². The highest BCUT2D eigenvalue weighted by molar-refractivity contribution is 7.99. The molecule has 2 aliphatic rings. The Morgan fingerprint density at radius 1 is 1.22 bits per heavy atom. The number of urea groups is 1. The predicted octanol–water partition coefficient (Wildman–Crippen LogP) is 5.56. The fraction of sp³-hybridized carbons (Fsp3) is 0.333. The molecule has 0 bridgehead atoms. The summed E-state index contributed by atoms with van der Waals surface area (Å²) in [4.78, 5) is 20.8. The number of thiophene rings is 1. The molecular weight excluding hydrogens is 443 g/mol. The monoisotopic (exact) mass is 468 g/mol. The van der Waals surface area contributed by atoms with Gasteiger partial charge in [0.05, 0.1) is 9.90 Å². The van der Waals surface area contributed by atoms with E-state index < -0.39 is 0 Å². The minimum absolute atomic E-state index is 0.198. The van der Waals surface area contributed by atoms with E-state index in [9.17, 15) is 9.18 Å². The minimum Gasteiger partial charge on any atom is -0.306 e. The van der Waals surface area contributed by atoms with Crippen LogP contribution in [0.4, 0.5) is 14.9 Å². The average Bonchev–Trinajstić information content (AvgIpc) is 3.41. The van der Waals surface area contributed by atoms with Gasteiger partial charge in [0, 0.05) is 35.4 Å². The van der Waals surface area contributed by atoms with Crippen molar-refractivity contribution in [3.63, 3.8) is 0 Å². The van der Waals surface area contributed by atoms with Crippen LogP contribution in [0.5, 0.6) is 0 Å². The molecular formula is C24H25FN4OS2. The second-order valence-electron chi connectivity index (χ2n) is 8.44. The summed E-state index contributed by atoms with van der Waals surface area (Å²) in [5.74, 6) is -0.198. The van der Waals surface area contributed by atoms with Crippen LogP contribution in [0.3, 0.4) is 0 Å². The minimum atomic E-state index is -0.300. The third-order valence-corrected chi connectivity index (χ3v) is 8.21. The number of nitrogens with one attached hydrogen (secondary N) is 2. The first-order chi connectivity index (χ1) is 15.5. The van der Waals surface area contributed by atoms with Crippen LogP contribution in [0.2, 0.25) is 0 Å². The number of likely N-dealkylation sites (N-methyl/N-ethyl adjacent to an activating group) is 1. The zero-order chi connectivity index (χ0) is 22.2. The molecule has 2 N–H and O–H groups in total. The van der Waals surface area contributed by atoms with Crippen LogP contribution < -0.4 is 10.0 Å². The topological polar surface area (TPSA) is 57.3 Å². The number of aryl methyl sites for hydroxylation is 1. The second kappa shape index (κ2) is 8.84. The number of benzene rings is 1. The molecule has 0 radical (unpaired) electrons. The molecule has 2 aromatic heterocycles. The smallest absolute Gasteiger partial charge is 0.306 e. The third kappa shape index (κ3) is 4.27. The number of carbonyl (C=O) groups excluding carboxylic acids is 1. The Hall–Kier alpha value is -2.42. The Kier molecular flexibility index (Phi) is 5.92. The van der Waals surface area contributed by atoms with Gasteiger partial charge in [0.25, 0.3) is 0 Å². The van der Waals surface area contributed by atoms with Crippen LogP contribution >= 0.6 is 23.3 Å². The molecule has 8 heteroatoms. The number of aromatic nitrogens is 1. The van der Waals surface area contributed by atoms with Crippen LogP contribution in [0.1, 0.15) is 33.7 Å². The average molecular weight is 469 g/mol. The molecule has 166 valence electrons. The van der Waals surface area contributed by atoms with Crippen molar-refractivity contribution in [2.75, 3.05) is 18.9 Å². The van der Waals surface area contributed by atoms with Gasteiger partial charge < -0.3 is 10.2 Å². The molecule has 0 atom stereocenters. The summed E-state index contributed by atoms with van der Waals surface area (Å²) < 4.78 is 18.8. The summed E-state index contributed by atoms with van der Waals surface area (Å²) in [6.45, 7) is 3.93. The number of nitrogens with zero attached hydrogens (tertiary/aromatic N) is 2. The number of rotatable bonds is 4. The maximum atomic E-state index is 14.8. The molecule has 5 nitrogen and oxygen atoms in total. The van der Waals surface area contributed by atoms with Crippen molar-refractivity contribution in [3.05, 3.63) is 63.5 Å². The van der Waals surface area contributed by atoms with Crippen molar-refractivity contribution in [1.29, 1.82) is 0 Å². The number of amides is 2. The lowest BCUT2D eigenvalue weighted by atomic mass is 9.97. The highest BCUT2D eigenvalue weighted by Crippen LogP contribution is 2.39. The zero-order valence-electron chi connectivity index (χ0n) is 18.1. The molecule has 0 saturated carbocycles. The van der Waals surface area contributed by atoms with Crippen LogP contribution in [-0.2, 0) is 25.8 Å². The Morgan fingerprint density at radius 3 is 2.91 bits per heavy atom. The van der Waals surface area contributed by atoms with Gasteiger partial charge in [-0.1, -0.05) is 0 Å². The molecule has 2 amide bonds. The maximum absolute atomic E-state index is 14.8. The summed E-state index contributed by atoms with van der Waals surface area (Å²) in [5, 5.41) is 3.03. The number of pyridine rings is 1. The summed E-state index contributed by atoms with van der Waals surface area (Å²) in [7, 11) is 2.13. The fourth-order valence-electron chi connectivity index (χ4n) is 4.55. The largest absolute Gasteiger partial charge is 0.329 e. The van der Waals surface area contributed by atoms with E-state index in [1.165, 1.54) is 22.4 Å². The molecule has 1 aliphatic carbocycles. The third-order valence-electron chi connectivity index (χ3n) is 6.07. The molecule has 0 saturated heterocycles. The van der Waals surface area contributed by atoms with E-state index in [1.807, 2.05) is 19.1 Å². The SMILES string of the molecule is Cc1cc(-c2cc(F)c3c(c2NC(=O)NSc2cc4c(s2)CCN(C)C4)CCC3)ccn1. The van der Waals surface area contributed by atoms with Crippen LogP contribution in [0.15, 0.2) is 34.7 Å². The van der Waals surface area contributed by atoms with Crippen LogP contribution in [-0.4, -0.2) is 29.5 Å². The van der Waals surface area contributed by atoms with Crippen molar-refractivity contribution in [1.82, 2.24) is 14.6 Å². The molecule has 3 aromatic rings. The molecule has 0 unspecified atom stereocenters. The molecule has 0 fully saturated rings. The van der Waals surface area contributed by atoms with Crippen molar-refractivity contribution in [2.45, 2.75) is 43.4 Å². The lowest BCUT2D eigenvalue weighted by Gasteiger charge is -2.21. The molecule has 32 heavy (non-hydrogen) atoms. The van der Waals surface area contributed by atoms with Gasteiger partial charge in [0.2, 0.25) is 0 Å². The summed E-state index contributed by atoms with van der Waals surface area (Å²) in [6.07, 6.45) is 5.13. The standard InChI is InChI=1S/C24H25FN4OS2/c1-14-10-15(6-8-26-14)19-12-20(25)17-4-3-5-18(17)23(19)27-24(30)28-32-22-11-16-13-29(2)9-7-21(16)31-22/h6,8,10-12H,3-5,7,9,13H2,1-2H3,(H2,27,28,30). The molecule has 0 spiro atoms. The number of halogens is 1. The first-order valence-electron chi connectivity index (χ1n) is 10.8. The van der Waals surface area contributed by atoms with Gasteiger partial charge in [-0.2, -0.15) is 0 Å². The van der Waals surface area contributed by atoms with Gasteiger partial charge in [-0.15, -0.1) is 11.3 Å². The molecule has 1 aliphatic heterocycles. The van der Waals surface area contributed by atoms with Crippen molar-refractivity contribution in [3.8, 4) is 11.1 Å².